The number of hydrogen-bond acceptors (Lipinski definition) is 13. The topological polar surface area (TPSA) is 187 Å². The summed E-state index contributed by atoms with van der Waals surface area (Å²) in [5, 5.41) is 40.3. The summed E-state index contributed by atoms with van der Waals surface area (Å²) < 4.78 is 13.1. The highest BCUT2D eigenvalue weighted by Crippen LogP contribution is 2.40. The number of nitrogens with zero attached hydrogens (tertiary/aromatic N) is 8. The lowest BCUT2D eigenvalue weighted by atomic mass is 10.1. The molecule has 42 heavy (non-hydrogen) atoms. The third-order valence-electron chi connectivity index (χ3n) is 7.70. The molecule has 5 atom stereocenters. The van der Waals surface area contributed by atoms with E-state index in [4.69, 9.17) is 19.4 Å². The molecule has 4 heterocycles. The Morgan fingerprint density at radius 2 is 2.02 bits per heavy atom. The number of fused-ring (bicyclic) bond motifs is 1. The number of aliphatic hydroxyl groups excluding tert-OH is 2. The Morgan fingerprint density at radius 1 is 1.21 bits per heavy atom. The standard InChI is InChI=1S/C27H34N10O5/c1-2-37-34-24(33-35-37)21-20(40)22(41-15-39)26(42-21)36-14-28-19-23(29-17-10-6-7-11-17)31-27(32-25(19)36)30-18(13-38)12-16-8-4-3-5-9-16/h3-5,8-9,14-15,17-18,20-22,26,38,40H,2,6-7,10-13H2,1H3,(H2,29,30,31,32)/t18-,20+,21-,22+,26+/m0/s1. The van der Waals surface area contributed by atoms with Crippen molar-refractivity contribution in [1.82, 2.24) is 39.7 Å². The summed E-state index contributed by atoms with van der Waals surface area (Å²) in [6.45, 7) is 2.48. The van der Waals surface area contributed by atoms with Crippen LogP contribution in [0.15, 0.2) is 36.7 Å². The maximum Gasteiger partial charge on any atom is 0.293 e. The van der Waals surface area contributed by atoms with Gasteiger partial charge in [-0.1, -0.05) is 43.2 Å². The largest absolute Gasteiger partial charge is 0.457 e. The first-order chi connectivity index (χ1) is 20.6. The number of nitrogens with one attached hydrogen (secondary N) is 2. The highest BCUT2D eigenvalue weighted by atomic mass is 16.6. The molecule has 15 nitrogen and oxygen atoms in total. The Morgan fingerprint density at radius 3 is 2.74 bits per heavy atom. The summed E-state index contributed by atoms with van der Waals surface area (Å²) in [5.74, 6) is 0.998. The molecule has 2 fully saturated rings. The molecule has 6 rings (SSSR count). The Hall–Kier alpha value is -4.21. The average Bonchev–Trinajstić information content (AvgIpc) is 3.82. The first-order valence-electron chi connectivity index (χ1n) is 14.2. The van der Waals surface area contributed by atoms with Crippen LogP contribution in [0.1, 0.15) is 56.3 Å². The molecule has 0 unspecified atom stereocenters. The fourth-order valence-corrected chi connectivity index (χ4v) is 5.58. The van der Waals surface area contributed by atoms with Crippen LogP contribution in [0.25, 0.3) is 11.2 Å². The number of aliphatic hydroxyl groups is 2. The maximum absolute atomic E-state index is 11.5. The van der Waals surface area contributed by atoms with Crippen molar-refractivity contribution in [3.63, 3.8) is 0 Å². The van der Waals surface area contributed by atoms with Crippen LogP contribution in [-0.4, -0.2) is 87.3 Å². The van der Waals surface area contributed by atoms with Crippen molar-refractivity contribution in [2.75, 3.05) is 17.2 Å². The SMILES string of the molecule is CCn1nnc([C@H]2O[C@@H](n3cnc4c(NC5CCCC5)nc(N[C@H](CO)Cc5ccccc5)nc43)[C@H](OC=O)[C@@H]2O)n1. The first kappa shape index (κ1) is 27.9. The number of aryl methyl sites for hydroxylation is 1. The van der Waals surface area contributed by atoms with Gasteiger partial charge in [-0.25, -0.2) is 4.98 Å². The summed E-state index contributed by atoms with van der Waals surface area (Å²) in [5.41, 5.74) is 1.95. The summed E-state index contributed by atoms with van der Waals surface area (Å²) in [6.07, 6.45) is 2.01. The van der Waals surface area contributed by atoms with Crippen molar-refractivity contribution in [2.45, 2.75) is 82.2 Å². The van der Waals surface area contributed by atoms with E-state index in [2.05, 4.69) is 31.0 Å². The van der Waals surface area contributed by atoms with E-state index in [9.17, 15) is 15.0 Å². The molecule has 3 aromatic heterocycles. The van der Waals surface area contributed by atoms with Gasteiger partial charge < -0.3 is 30.3 Å². The minimum atomic E-state index is -1.27. The first-order valence-corrected chi connectivity index (χ1v) is 14.2. The normalized spacial score (nSPS) is 23.3. The van der Waals surface area contributed by atoms with Crippen molar-refractivity contribution >= 4 is 29.4 Å². The molecule has 0 radical (unpaired) electrons. The molecule has 2 aliphatic rings. The quantitative estimate of drug-likeness (QED) is 0.177. The predicted octanol–water partition coefficient (Wildman–Crippen LogP) is 1.38. The lowest BCUT2D eigenvalue weighted by molar-refractivity contribution is -0.142. The molecule has 1 saturated carbocycles. The van der Waals surface area contributed by atoms with E-state index in [1.54, 1.807) is 4.57 Å². The van der Waals surface area contributed by atoms with Gasteiger partial charge in [0.2, 0.25) is 11.8 Å². The molecular formula is C27H34N10O5. The van der Waals surface area contributed by atoms with E-state index < -0.39 is 24.5 Å². The fourth-order valence-electron chi connectivity index (χ4n) is 5.58. The van der Waals surface area contributed by atoms with Crippen LogP contribution in [0.2, 0.25) is 0 Å². The summed E-state index contributed by atoms with van der Waals surface area (Å²) >= 11 is 0. The number of benzene rings is 1. The van der Waals surface area contributed by atoms with Gasteiger partial charge in [0, 0.05) is 6.04 Å². The molecule has 0 spiro atoms. The minimum absolute atomic E-state index is 0.138. The van der Waals surface area contributed by atoms with E-state index in [1.165, 1.54) is 11.1 Å². The number of carbonyl (C=O) groups excluding carboxylic acids is 1. The van der Waals surface area contributed by atoms with E-state index in [1.807, 2.05) is 37.3 Å². The molecule has 1 aliphatic heterocycles. The van der Waals surface area contributed by atoms with E-state index in [-0.39, 0.29) is 36.9 Å². The van der Waals surface area contributed by atoms with Gasteiger partial charge in [-0.3, -0.25) is 9.36 Å². The second kappa shape index (κ2) is 12.3. The number of tetrazole rings is 1. The zero-order valence-corrected chi connectivity index (χ0v) is 23.2. The lowest BCUT2D eigenvalue weighted by Crippen LogP contribution is -2.32. The number of hydrogen-bond donors (Lipinski definition) is 4. The lowest BCUT2D eigenvalue weighted by Gasteiger charge is -2.21. The minimum Gasteiger partial charge on any atom is -0.457 e. The van der Waals surface area contributed by atoms with E-state index in [0.29, 0.717) is 29.9 Å². The number of anilines is 2. The van der Waals surface area contributed by atoms with Crippen molar-refractivity contribution in [3.05, 3.63) is 48.0 Å². The number of imidazole rings is 1. The van der Waals surface area contributed by atoms with Gasteiger partial charge in [-0.15, -0.1) is 10.2 Å². The predicted molar refractivity (Wildman–Crippen MR) is 149 cm³/mol. The summed E-state index contributed by atoms with van der Waals surface area (Å²) in [7, 11) is 0. The Bertz CT molecular complexity index is 1490. The van der Waals surface area contributed by atoms with Crippen LogP contribution >= 0.6 is 0 Å². The van der Waals surface area contributed by atoms with Crippen LogP contribution in [0, 0.1) is 0 Å². The zero-order chi connectivity index (χ0) is 29.1. The smallest absolute Gasteiger partial charge is 0.293 e. The average molecular weight is 579 g/mol. The molecule has 15 heteroatoms. The van der Waals surface area contributed by atoms with Gasteiger partial charge >= 0.3 is 0 Å². The van der Waals surface area contributed by atoms with Gasteiger partial charge in [-0.2, -0.15) is 14.8 Å². The molecule has 222 valence electrons. The highest BCUT2D eigenvalue weighted by Gasteiger charge is 2.49. The molecule has 1 aromatic carbocycles. The Labute approximate surface area is 241 Å². The number of rotatable bonds is 12. The van der Waals surface area contributed by atoms with Gasteiger partial charge in [0.15, 0.2) is 35.4 Å². The van der Waals surface area contributed by atoms with Crippen LogP contribution in [0.5, 0.6) is 0 Å². The highest BCUT2D eigenvalue weighted by molar-refractivity contribution is 5.84. The van der Waals surface area contributed by atoms with Gasteiger partial charge in [-0.05, 0) is 37.0 Å². The van der Waals surface area contributed by atoms with Crippen molar-refractivity contribution < 1.29 is 24.5 Å². The zero-order valence-electron chi connectivity index (χ0n) is 23.2. The van der Waals surface area contributed by atoms with Crippen LogP contribution in [-0.2, 0) is 27.2 Å². The number of ether oxygens (including phenoxy) is 2. The van der Waals surface area contributed by atoms with Crippen LogP contribution in [0.3, 0.4) is 0 Å². The second-order valence-electron chi connectivity index (χ2n) is 10.5. The van der Waals surface area contributed by atoms with Crippen LogP contribution < -0.4 is 10.6 Å². The summed E-state index contributed by atoms with van der Waals surface area (Å²) in [4.78, 5) is 26.9. The number of carbonyl (C=O) groups is 1. The fraction of sp³-hybridized carbons (Fsp3) is 0.519. The van der Waals surface area contributed by atoms with Crippen molar-refractivity contribution in [2.24, 2.45) is 0 Å². The third kappa shape index (κ3) is 5.62. The molecule has 0 bridgehead atoms. The van der Waals surface area contributed by atoms with Gasteiger partial charge in [0.1, 0.15) is 6.10 Å². The molecule has 4 N–H and O–H groups in total. The Balaban J connectivity index is 1.36. The second-order valence-corrected chi connectivity index (χ2v) is 10.5. The van der Waals surface area contributed by atoms with Crippen molar-refractivity contribution in [3.8, 4) is 0 Å². The monoisotopic (exact) mass is 578 g/mol. The molecule has 0 amide bonds. The molecule has 1 aliphatic carbocycles. The Kier molecular flexibility index (Phi) is 8.21. The molecular weight excluding hydrogens is 544 g/mol. The molecule has 4 aromatic rings. The number of aromatic nitrogens is 8. The van der Waals surface area contributed by atoms with Crippen molar-refractivity contribution in [1.29, 1.82) is 0 Å². The third-order valence-corrected chi connectivity index (χ3v) is 7.70. The van der Waals surface area contributed by atoms with E-state index >= 15 is 0 Å². The molecule has 1 saturated heterocycles. The van der Waals surface area contributed by atoms with Gasteiger partial charge in [0.05, 0.1) is 25.5 Å². The van der Waals surface area contributed by atoms with E-state index in [0.717, 1.165) is 31.2 Å². The van der Waals surface area contributed by atoms with Crippen LogP contribution in [0.4, 0.5) is 11.8 Å². The summed E-state index contributed by atoms with van der Waals surface area (Å²) in [6, 6.07) is 9.73. The maximum atomic E-state index is 11.5. The van der Waals surface area contributed by atoms with Gasteiger partial charge in [0.25, 0.3) is 6.47 Å².